The van der Waals surface area contributed by atoms with Crippen molar-refractivity contribution in [2.45, 2.75) is 38.9 Å². The van der Waals surface area contributed by atoms with Gasteiger partial charge in [0.15, 0.2) is 5.78 Å². The molecule has 0 N–H and O–H groups in total. The Morgan fingerprint density at radius 1 is 1.54 bits per heavy atom. The van der Waals surface area contributed by atoms with Crippen LogP contribution in [0.25, 0.3) is 0 Å². The van der Waals surface area contributed by atoms with E-state index in [0.717, 1.165) is 0 Å². The zero-order valence-corrected chi connectivity index (χ0v) is 7.92. The third-order valence-electron chi connectivity index (χ3n) is 2.34. The van der Waals surface area contributed by atoms with Crippen LogP contribution in [0.1, 0.15) is 26.7 Å². The SMILES string of the molecule is CCC(=O)N1CC(F)CC1C(C)=O. The van der Waals surface area contributed by atoms with Crippen LogP contribution >= 0.6 is 0 Å². The monoisotopic (exact) mass is 187 g/mol. The third kappa shape index (κ3) is 2.05. The van der Waals surface area contributed by atoms with E-state index >= 15 is 0 Å². The first kappa shape index (κ1) is 10.2. The Morgan fingerprint density at radius 2 is 2.15 bits per heavy atom. The Bertz CT molecular complexity index is 230. The molecule has 0 saturated carbocycles. The predicted molar refractivity (Wildman–Crippen MR) is 46.0 cm³/mol. The second-order valence-electron chi connectivity index (χ2n) is 3.36. The van der Waals surface area contributed by atoms with Crippen LogP contribution in [0.15, 0.2) is 0 Å². The van der Waals surface area contributed by atoms with Crippen LogP contribution in [0.5, 0.6) is 0 Å². The van der Waals surface area contributed by atoms with Gasteiger partial charge in [-0.15, -0.1) is 0 Å². The van der Waals surface area contributed by atoms with E-state index in [0.29, 0.717) is 6.42 Å². The van der Waals surface area contributed by atoms with Gasteiger partial charge in [-0.25, -0.2) is 4.39 Å². The van der Waals surface area contributed by atoms with Crippen molar-refractivity contribution in [1.29, 1.82) is 0 Å². The van der Waals surface area contributed by atoms with Gasteiger partial charge in [0.1, 0.15) is 6.17 Å². The summed E-state index contributed by atoms with van der Waals surface area (Å²) in [7, 11) is 0. The zero-order chi connectivity index (χ0) is 10.0. The van der Waals surface area contributed by atoms with Gasteiger partial charge >= 0.3 is 0 Å². The maximum Gasteiger partial charge on any atom is 0.223 e. The Labute approximate surface area is 76.9 Å². The number of Topliss-reactive ketones (excluding diaryl/α,β-unsaturated/α-hetero) is 1. The number of halogens is 1. The maximum atomic E-state index is 12.9. The maximum absolute atomic E-state index is 12.9. The topological polar surface area (TPSA) is 37.4 Å². The number of likely N-dealkylation sites (tertiary alicyclic amines) is 1. The molecule has 4 heteroatoms. The summed E-state index contributed by atoms with van der Waals surface area (Å²) in [6.45, 7) is 3.20. The average Bonchev–Trinajstić information content (AvgIpc) is 2.46. The summed E-state index contributed by atoms with van der Waals surface area (Å²) in [6.07, 6.45) is -0.540. The van der Waals surface area contributed by atoms with Gasteiger partial charge in [0.25, 0.3) is 0 Å². The van der Waals surface area contributed by atoms with Crippen LogP contribution in [-0.2, 0) is 9.59 Å². The first-order valence-corrected chi connectivity index (χ1v) is 4.50. The summed E-state index contributed by atoms with van der Waals surface area (Å²) in [5.41, 5.74) is 0. The number of ketones is 1. The Kier molecular flexibility index (Phi) is 3.01. The molecular weight excluding hydrogens is 173 g/mol. The summed E-state index contributed by atoms with van der Waals surface area (Å²) in [5, 5.41) is 0. The van der Waals surface area contributed by atoms with Crippen LogP contribution in [-0.4, -0.2) is 35.3 Å². The quantitative estimate of drug-likeness (QED) is 0.644. The molecular formula is C9H14FNO2. The highest BCUT2D eigenvalue weighted by Gasteiger charge is 2.36. The fourth-order valence-electron chi connectivity index (χ4n) is 1.65. The Hall–Kier alpha value is -0.930. The molecule has 1 aliphatic rings. The third-order valence-corrected chi connectivity index (χ3v) is 2.34. The Morgan fingerprint density at radius 3 is 2.62 bits per heavy atom. The van der Waals surface area contributed by atoms with Gasteiger partial charge in [-0.2, -0.15) is 0 Å². The van der Waals surface area contributed by atoms with Crippen LogP contribution in [0.4, 0.5) is 4.39 Å². The number of rotatable bonds is 2. The molecule has 74 valence electrons. The van der Waals surface area contributed by atoms with E-state index < -0.39 is 12.2 Å². The number of alkyl halides is 1. The zero-order valence-electron chi connectivity index (χ0n) is 7.92. The van der Waals surface area contributed by atoms with Crippen molar-refractivity contribution in [2.75, 3.05) is 6.54 Å². The molecule has 1 rings (SSSR count). The van der Waals surface area contributed by atoms with Crippen LogP contribution in [0, 0.1) is 0 Å². The van der Waals surface area contributed by atoms with E-state index in [1.54, 1.807) is 6.92 Å². The van der Waals surface area contributed by atoms with Gasteiger partial charge in [-0.3, -0.25) is 9.59 Å². The molecule has 2 atom stereocenters. The number of nitrogens with zero attached hydrogens (tertiary/aromatic N) is 1. The summed E-state index contributed by atoms with van der Waals surface area (Å²) in [6, 6.07) is -0.526. The molecule has 0 aromatic carbocycles. The lowest BCUT2D eigenvalue weighted by atomic mass is 10.1. The largest absolute Gasteiger partial charge is 0.330 e. The molecule has 1 amide bonds. The van der Waals surface area contributed by atoms with Crippen molar-refractivity contribution in [3.05, 3.63) is 0 Å². The minimum Gasteiger partial charge on any atom is -0.330 e. The second-order valence-corrected chi connectivity index (χ2v) is 3.36. The lowest BCUT2D eigenvalue weighted by Crippen LogP contribution is -2.39. The molecule has 1 fully saturated rings. The highest BCUT2D eigenvalue weighted by molar-refractivity contribution is 5.88. The van der Waals surface area contributed by atoms with Crippen molar-refractivity contribution >= 4 is 11.7 Å². The number of hydrogen-bond donors (Lipinski definition) is 0. The minimum absolute atomic E-state index is 0.0803. The normalized spacial score (nSPS) is 27.8. The van der Waals surface area contributed by atoms with Gasteiger partial charge in [-0.1, -0.05) is 6.92 Å². The molecule has 1 aliphatic heterocycles. The fraction of sp³-hybridized carbons (Fsp3) is 0.778. The van der Waals surface area contributed by atoms with E-state index in [9.17, 15) is 14.0 Å². The highest BCUT2D eigenvalue weighted by atomic mass is 19.1. The number of carbonyl (C=O) groups is 2. The first-order chi connectivity index (χ1) is 6.06. The fourth-order valence-corrected chi connectivity index (χ4v) is 1.65. The molecule has 0 aromatic heterocycles. The molecule has 1 heterocycles. The second kappa shape index (κ2) is 3.85. The van der Waals surface area contributed by atoms with Crippen molar-refractivity contribution in [2.24, 2.45) is 0 Å². The van der Waals surface area contributed by atoms with Gasteiger partial charge in [-0.05, 0) is 6.92 Å². The van der Waals surface area contributed by atoms with Gasteiger partial charge in [0.05, 0.1) is 12.6 Å². The molecule has 0 aromatic rings. The van der Waals surface area contributed by atoms with Crippen molar-refractivity contribution in [3.8, 4) is 0 Å². The van der Waals surface area contributed by atoms with Crippen molar-refractivity contribution in [1.82, 2.24) is 4.90 Å². The van der Waals surface area contributed by atoms with Gasteiger partial charge < -0.3 is 4.90 Å². The number of amides is 1. The first-order valence-electron chi connectivity index (χ1n) is 4.50. The summed E-state index contributed by atoms with van der Waals surface area (Å²) in [4.78, 5) is 23.7. The molecule has 0 bridgehead atoms. The van der Waals surface area contributed by atoms with E-state index in [4.69, 9.17) is 0 Å². The van der Waals surface area contributed by atoms with Crippen LogP contribution in [0.2, 0.25) is 0 Å². The van der Waals surface area contributed by atoms with Crippen molar-refractivity contribution < 1.29 is 14.0 Å². The van der Waals surface area contributed by atoms with Crippen molar-refractivity contribution in [3.63, 3.8) is 0 Å². The average molecular weight is 187 g/mol. The minimum atomic E-state index is -1.04. The summed E-state index contributed by atoms with van der Waals surface area (Å²) in [5.74, 6) is -0.262. The summed E-state index contributed by atoms with van der Waals surface area (Å²) < 4.78 is 12.9. The lowest BCUT2D eigenvalue weighted by molar-refractivity contribution is -0.136. The molecule has 3 nitrogen and oxygen atoms in total. The van der Waals surface area contributed by atoms with E-state index in [2.05, 4.69) is 0 Å². The lowest BCUT2D eigenvalue weighted by Gasteiger charge is -2.21. The molecule has 0 aliphatic carbocycles. The molecule has 0 spiro atoms. The van der Waals surface area contributed by atoms with E-state index in [-0.39, 0.29) is 24.7 Å². The van der Waals surface area contributed by atoms with E-state index in [1.165, 1.54) is 11.8 Å². The highest BCUT2D eigenvalue weighted by Crippen LogP contribution is 2.21. The molecule has 0 radical (unpaired) electrons. The van der Waals surface area contributed by atoms with Crippen LogP contribution < -0.4 is 0 Å². The summed E-state index contributed by atoms with van der Waals surface area (Å²) >= 11 is 0. The smallest absolute Gasteiger partial charge is 0.223 e. The number of carbonyl (C=O) groups excluding carboxylic acids is 2. The standard InChI is InChI=1S/C9H14FNO2/c1-3-9(13)11-5-7(10)4-8(11)6(2)12/h7-8H,3-5H2,1-2H3. The van der Waals surface area contributed by atoms with Gasteiger partial charge in [0.2, 0.25) is 5.91 Å². The van der Waals surface area contributed by atoms with E-state index in [1.807, 2.05) is 0 Å². The number of hydrogen-bond acceptors (Lipinski definition) is 2. The Balaban J connectivity index is 2.71. The predicted octanol–water partition coefficient (Wildman–Crippen LogP) is 0.924. The molecule has 13 heavy (non-hydrogen) atoms. The van der Waals surface area contributed by atoms with Crippen LogP contribution in [0.3, 0.4) is 0 Å². The molecule has 1 saturated heterocycles. The molecule has 2 unspecified atom stereocenters. The van der Waals surface area contributed by atoms with Gasteiger partial charge in [0, 0.05) is 12.8 Å².